The van der Waals surface area contributed by atoms with Crippen LogP contribution >= 0.6 is 11.6 Å². The summed E-state index contributed by atoms with van der Waals surface area (Å²) >= 11 is 5.95. The molecule has 0 saturated heterocycles. The highest BCUT2D eigenvalue weighted by Crippen LogP contribution is 2.29. The predicted molar refractivity (Wildman–Crippen MR) is 68.2 cm³/mol. The van der Waals surface area contributed by atoms with E-state index in [4.69, 9.17) is 26.9 Å². The molecule has 3 nitrogen and oxygen atoms in total. The van der Waals surface area contributed by atoms with E-state index in [0.717, 1.165) is 25.7 Å². The van der Waals surface area contributed by atoms with Crippen LogP contribution < -0.4 is 4.74 Å². The summed E-state index contributed by atoms with van der Waals surface area (Å²) in [6, 6.07) is 9.32. The summed E-state index contributed by atoms with van der Waals surface area (Å²) in [6.45, 7) is 0. The molecule has 0 N–H and O–H groups in total. The van der Waals surface area contributed by atoms with E-state index in [-0.39, 0.29) is 12.0 Å². The predicted octanol–water partition coefficient (Wildman–Crippen LogP) is 3.67. The fraction of sp³-hybridized carbons (Fsp3) is 0.429. The maximum absolute atomic E-state index is 9.08. The molecule has 0 unspecified atom stereocenters. The van der Waals surface area contributed by atoms with E-state index in [9.17, 15) is 0 Å². The molecule has 1 fully saturated rings. The van der Waals surface area contributed by atoms with Crippen LogP contribution in [0.5, 0.6) is 5.75 Å². The first-order chi connectivity index (χ1) is 8.74. The molecule has 1 aliphatic carbocycles. The number of hydrogen-bond acceptors (Lipinski definition) is 3. The van der Waals surface area contributed by atoms with Crippen LogP contribution in [-0.2, 0) is 0 Å². The van der Waals surface area contributed by atoms with E-state index in [1.807, 2.05) is 6.07 Å². The van der Waals surface area contributed by atoms with Gasteiger partial charge in [-0.25, -0.2) is 0 Å². The van der Waals surface area contributed by atoms with Crippen LogP contribution in [0.3, 0.4) is 0 Å². The second-order valence-electron chi connectivity index (χ2n) is 4.43. The quantitative estimate of drug-likeness (QED) is 0.815. The maximum atomic E-state index is 9.08. The van der Waals surface area contributed by atoms with Crippen molar-refractivity contribution in [2.24, 2.45) is 5.92 Å². The van der Waals surface area contributed by atoms with Gasteiger partial charge in [0, 0.05) is 6.07 Å². The monoisotopic (exact) mass is 260 g/mol. The van der Waals surface area contributed by atoms with Crippen LogP contribution in [0.1, 0.15) is 31.2 Å². The summed E-state index contributed by atoms with van der Waals surface area (Å²) in [5.74, 6) is 0.583. The molecule has 1 saturated carbocycles. The minimum Gasteiger partial charge on any atom is -0.489 e. The Morgan fingerprint density at radius 2 is 2.00 bits per heavy atom. The standard InChI is InChI=1S/C14H13ClN2O/c15-13-7-12(6-5-10(13)8-16)18-14-4-2-1-3-11(14)9-17/h5-7,11,14H,1-4H2/t11-,14+/m0/s1. The Bertz CT molecular complexity index is 516. The van der Waals surface area contributed by atoms with Crippen LogP contribution in [-0.4, -0.2) is 6.10 Å². The lowest BCUT2D eigenvalue weighted by Gasteiger charge is -2.27. The minimum atomic E-state index is -0.0623. The first-order valence-electron chi connectivity index (χ1n) is 6.00. The van der Waals surface area contributed by atoms with E-state index >= 15 is 0 Å². The molecular formula is C14H13ClN2O. The lowest BCUT2D eigenvalue weighted by atomic mass is 9.87. The number of benzene rings is 1. The summed E-state index contributed by atoms with van der Waals surface area (Å²) in [5, 5.41) is 18.3. The van der Waals surface area contributed by atoms with Crippen LogP contribution in [0.2, 0.25) is 5.02 Å². The first-order valence-corrected chi connectivity index (χ1v) is 6.38. The molecular weight excluding hydrogens is 248 g/mol. The highest BCUT2D eigenvalue weighted by Gasteiger charge is 2.26. The van der Waals surface area contributed by atoms with Crippen LogP contribution in [0, 0.1) is 28.6 Å². The van der Waals surface area contributed by atoms with Crippen molar-refractivity contribution in [2.75, 3.05) is 0 Å². The third kappa shape index (κ3) is 2.75. The number of halogens is 1. The third-order valence-electron chi connectivity index (χ3n) is 3.22. The summed E-state index contributed by atoms with van der Waals surface area (Å²) in [4.78, 5) is 0. The Morgan fingerprint density at radius 1 is 1.22 bits per heavy atom. The number of nitriles is 2. The maximum Gasteiger partial charge on any atom is 0.121 e. The van der Waals surface area contributed by atoms with Crippen molar-refractivity contribution < 1.29 is 4.74 Å². The van der Waals surface area contributed by atoms with Crippen molar-refractivity contribution in [1.29, 1.82) is 10.5 Å². The van der Waals surface area contributed by atoms with Gasteiger partial charge in [0.2, 0.25) is 0 Å². The number of ether oxygens (including phenoxy) is 1. The number of nitrogens with zero attached hydrogens (tertiary/aromatic N) is 2. The minimum absolute atomic E-state index is 0.0480. The molecule has 1 aromatic carbocycles. The molecule has 1 aliphatic rings. The Morgan fingerprint density at radius 3 is 2.67 bits per heavy atom. The summed E-state index contributed by atoms with van der Waals surface area (Å²) in [7, 11) is 0. The fourth-order valence-corrected chi connectivity index (χ4v) is 2.43. The van der Waals surface area contributed by atoms with Crippen molar-refractivity contribution in [3.8, 4) is 17.9 Å². The Balaban J connectivity index is 2.11. The van der Waals surface area contributed by atoms with Gasteiger partial charge >= 0.3 is 0 Å². The van der Waals surface area contributed by atoms with E-state index in [2.05, 4.69) is 6.07 Å². The van der Waals surface area contributed by atoms with E-state index in [1.54, 1.807) is 18.2 Å². The first kappa shape index (κ1) is 12.7. The van der Waals surface area contributed by atoms with Gasteiger partial charge in [0.1, 0.15) is 17.9 Å². The lowest BCUT2D eigenvalue weighted by Crippen LogP contribution is -2.29. The third-order valence-corrected chi connectivity index (χ3v) is 3.53. The Hall–Kier alpha value is -1.71. The Kier molecular flexibility index (Phi) is 4.07. The van der Waals surface area contributed by atoms with E-state index in [1.165, 1.54) is 0 Å². The highest BCUT2D eigenvalue weighted by molar-refractivity contribution is 6.31. The molecule has 0 aromatic heterocycles. The van der Waals surface area contributed by atoms with Gasteiger partial charge in [-0.2, -0.15) is 10.5 Å². The fourth-order valence-electron chi connectivity index (χ4n) is 2.22. The van der Waals surface area contributed by atoms with Gasteiger partial charge < -0.3 is 4.74 Å². The van der Waals surface area contributed by atoms with Crippen molar-refractivity contribution in [3.63, 3.8) is 0 Å². The van der Waals surface area contributed by atoms with Crippen LogP contribution in [0.25, 0.3) is 0 Å². The van der Waals surface area contributed by atoms with Crippen LogP contribution in [0.15, 0.2) is 18.2 Å². The van der Waals surface area contributed by atoms with Crippen molar-refractivity contribution in [3.05, 3.63) is 28.8 Å². The molecule has 0 spiro atoms. The molecule has 0 heterocycles. The normalized spacial score (nSPS) is 22.8. The van der Waals surface area contributed by atoms with Gasteiger partial charge in [-0.05, 0) is 31.4 Å². The molecule has 2 atom stereocenters. The second kappa shape index (κ2) is 5.76. The molecule has 0 amide bonds. The summed E-state index contributed by atoms with van der Waals surface area (Å²) in [5.41, 5.74) is 0.435. The van der Waals surface area contributed by atoms with Gasteiger partial charge in [0.25, 0.3) is 0 Å². The van der Waals surface area contributed by atoms with Gasteiger partial charge in [-0.3, -0.25) is 0 Å². The molecule has 92 valence electrons. The molecule has 1 aromatic rings. The topological polar surface area (TPSA) is 56.8 Å². The van der Waals surface area contributed by atoms with Gasteiger partial charge in [0.15, 0.2) is 0 Å². The number of rotatable bonds is 2. The molecule has 2 rings (SSSR count). The smallest absolute Gasteiger partial charge is 0.121 e. The summed E-state index contributed by atoms with van der Waals surface area (Å²) in [6.07, 6.45) is 3.91. The molecule has 0 bridgehead atoms. The van der Waals surface area contributed by atoms with E-state index in [0.29, 0.717) is 16.3 Å². The molecule has 0 aliphatic heterocycles. The van der Waals surface area contributed by atoms with Crippen molar-refractivity contribution in [2.45, 2.75) is 31.8 Å². The Labute approximate surface area is 112 Å². The molecule has 0 radical (unpaired) electrons. The zero-order valence-electron chi connectivity index (χ0n) is 9.90. The van der Waals surface area contributed by atoms with Gasteiger partial charge in [-0.1, -0.05) is 18.0 Å². The molecule has 18 heavy (non-hydrogen) atoms. The van der Waals surface area contributed by atoms with Crippen molar-refractivity contribution in [1.82, 2.24) is 0 Å². The average Bonchev–Trinajstić information content (AvgIpc) is 2.39. The summed E-state index contributed by atoms with van der Waals surface area (Å²) < 4.78 is 5.82. The zero-order valence-corrected chi connectivity index (χ0v) is 10.7. The van der Waals surface area contributed by atoms with E-state index < -0.39 is 0 Å². The van der Waals surface area contributed by atoms with Gasteiger partial charge in [0.05, 0.1) is 22.6 Å². The average molecular weight is 261 g/mol. The van der Waals surface area contributed by atoms with Gasteiger partial charge in [-0.15, -0.1) is 0 Å². The molecule has 4 heteroatoms. The zero-order chi connectivity index (χ0) is 13.0. The highest BCUT2D eigenvalue weighted by atomic mass is 35.5. The number of hydrogen-bond donors (Lipinski definition) is 0. The van der Waals surface area contributed by atoms with Crippen LogP contribution in [0.4, 0.5) is 0 Å². The second-order valence-corrected chi connectivity index (χ2v) is 4.84. The lowest BCUT2D eigenvalue weighted by molar-refractivity contribution is 0.120. The van der Waals surface area contributed by atoms with Crippen molar-refractivity contribution >= 4 is 11.6 Å². The SMILES string of the molecule is N#Cc1ccc(O[C@@H]2CCCC[C@H]2C#N)cc1Cl. The largest absolute Gasteiger partial charge is 0.489 e.